The molecule has 1 amide bonds. The van der Waals surface area contributed by atoms with Crippen LogP contribution in [0.25, 0.3) is 0 Å². The van der Waals surface area contributed by atoms with Gasteiger partial charge in [0.15, 0.2) is 0 Å². The number of hydrogen-bond acceptors (Lipinski definition) is 3. The molecule has 1 aromatic heterocycles. The SMILES string of the molecule is NCC#Cc1cccc(C(=O)Nc2cccnc2)c1. The zero-order chi connectivity index (χ0) is 13.5. The second kappa shape index (κ2) is 6.34. The van der Waals surface area contributed by atoms with Crippen molar-refractivity contribution >= 4 is 11.6 Å². The summed E-state index contributed by atoms with van der Waals surface area (Å²) in [6.45, 7) is 0.298. The largest absolute Gasteiger partial charge is 0.321 e. The summed E-state index contributed by atoms with van der Waals surface area (Å²) < 4.78 is 0. The Morgan fingerprint density at radius 3 is 2.95 bits per heavy atom. The molecule has 0 saturated carbocycles. The first-order valence-electron chi connectivity index (χ1n) is 5.80. The van der Waals surface area contributed by atoms with Crippen molar-refractivity contribution in [1.29, 1.82) is 0 Å². The topological polar surface area (TPSA) is 68.0 Å². The van der Waals surface area contributed by atoms with Crippen LogP contribution in [0, 0.1) is 11.8 Å². The summed E-state index contributed by atoms with van der Waals surface area (Å²) in [4.78, 5) is 16.0. The van der Waals surface area contributed by atoms with E-state index < -0.39 is 0 Å². The summed E-state index contributed by atoms with van der Waals surface area (Å²) >= 11 is 0. The number of pyridine rings is 1. The van der Waals surface area contributed by atoms with Crippen LogP contribution in [0.3, 0.4) is 0 Å². The van der Waals surface area contributed by atoms with E-state index in [1.807, 2.05) is 6.07 Å². The summed E-state index contributed by atoms with van der Waals surface area (Å²) in [6.07, 6.45) is 3.24. The van der Waals surface area contributed by atoms with Crippen molar-refractivity contribution in [1.82, 2.24) is 4.98 Å². The van der Waals surface area contributed by atoms with Gasteiger partial charge in [0.25, 0.3) is 5.91 Å². The Morgan fingerprint density at radius 1 is 1.32 bits per heavy atom. The summed E-state index contributed by atoms with van der Waals surface area (Å²) in [5.41, 5.74) is 7.29. The fourth-order valence-corrected chi connectivity index (χ4v) is 1.53. The van der Waals surface area contributed by atoms with Gasteiger partial charge in [-0.1, -0.05) is 17.9 Å². The monoisotopic (exact) mass is 251 g/mol. The number of hydrogen-bond donors (Lipinski definition) is 2. The summed E-state index contributed by atoms with van der Waals surface area (Å²) in [5, 5.41) is 2.77. The molecule has 0 unspecified atom stereocenters. The third-order valence-corrected chi connectivity index (χ3v) is 2.38. The molecule has 4 nitrogen and oxygen atoms in total. The van der Waals surface area contributed by atoms with E-state index in [1.54, 1.807) is 42.7 Å². The number of benzene rings is 1. The normalized spacial score (nSPS) is 9.32. The molecule has 0 bridgehead atoms. The van der Waals surface area contributed by atoms with Crippen LogP contribution in [0.5, 0.6) is 0 Å². The molecule has 0 aliphatic heterocycles. The van der Waals surface area contributed by atoms with Crippen LogP contribution in [0.15, 0.2) is 48.8 Å². The Bertz CT molecular complexity index is 627. The molecular weight excluding hydrogens is 238 g/mol. The molecular formula is C15H13N3O. The van der Waals surface area contributed by atoms with Gasteiger partial charge in [-0.15, -0.1) is 0 Å². The van der Waals surface area contributed by atoms with Crippen LogP contribution in [-0.2, 0) is 0 Å². The van der Waals surface area contributed by atoms with E-state index in [4.69, 9.17) is 5.73 Å². The number of carbonyl (C=O) groups excluding carboxylic acids is 1. The van der Waals surface area contributed by atoms with E-state index in [0.717, 1.165) is 5.56 Å². The third-order valence-electron chi connectivity index (χ3n) is 2.38. The molecule has 0 fully saturated rings. The molecule has 0 aliphatic carbocycles. The van der Waals surface area contributed by atoms with Crippen molar-refractivity contribution < 1.29 is 4.79 Å². The lowest BCUT2D eigenvalue weighted by Gasteiger charge is -2.04. The van der Waals surface area contributed by atoms with E-state index in [9.17, 15) is 4.79 Å². The number of rotatable bonds is 2. The average Bonchev–Trinajstić information content (AvgIpc) is 2.46. The van der Waals surface area contributed by atoms with E-state index in [1.165, 1.54) is 0 Å². The standard InChI is InChI=1S/C15H13N3O/c16-8-2-5-12-4-1-6-13(10-12)15(19)18-14-7-3-9-17-11-14/h1,3-4,6-7,9-11H,8,16H2,(H,18,19). The van der Waals surface area contributed by atoms with Crippen molar-refractivity contribution in [3.63, 3.8) is 0 Å². The maximum Gasteiger partial charge on any atom is 0.255 e. The maximum absolute atomic E-state index is 12.0. The van der Waals surface area contributed by atoms with Crippen LogP contribution < -0.4 is 11.1 Å². The number of nitrogens with one attached hydrogen (secondary N) is 1. The van der Waals surface area contributed by atoms with E-state index in [-0.39, 0.29) is 5.91 Å². The maximum atomic E-state index is 12.0. The van der Waals surface area contributed by atoms with Gasteiger partial charge in [-0.3, -0.25) is 9.78 Å². The minimum Gasteiger partial charge on any atom is -0.321 e. The van der Waals surface area contributed by atoms with Crippen molar-refractivity contribution in [2.45, 2.75) is 0 Å². The molecule has 0 aliphatic rings. The van der Waals surface area contributed by atoms with Gasteiger partial charge >= 0.3 is 0 Å². The summed E-state index contributed by atoms with van der Waals surface area (Å²) in [6, 6.07) is 10.6. The van der Waals surface area contributed by atoms with Gasteiger partial charge < -0.3 is 11.1 Å². The zero-order valence-electron chi connectivity index (χ0n) is 10.3. The van der Waals surface area contributed by atoms with Gasteiger partial charge in [0, 0.05) is 17.3 Å². The fraction of sp³-hybridized carbons (Fsp3) is 0.0667. The van der Waals surface area contributed by atoms with Crippen LogP contribution >= 0.6 is 0 Å². The summed E-state index contributed by atoms with van der Waals surface area (Å²) in [7, 11) is 0. The highest BCUT2D eigenvalue weighted by Crippen LogP contribution is 2.09. The summed E-state index contributed by atoms with van der Waals surface area (Å²) in [5.74, 6) is 5.46. The van der Waals surface area contributed by atoms with E-state index in [0.29, 0.717) is 17.8 Å². The molecule has 2 rings (SSSR count). The number of nitrogens with two attached hydrogens (primary N) is 1. The van der Waals surface area contributed by atoms with Gasteiger partial charge in [-0.25, -0.2) is 0 Å². The average molecular weight is 251 g/mol. The first-order valence-corrected chi connectivity index (χ1v) is 5.80. The molecule has 94 valence electrons. The molecule has 1 aromatic carbocycles. The molecule has 0 spiro atoms. The second-order valence-corrected chi connectivity index (χ2v) is 3.78. The van der Waals surface area contributed by atoms with Gasteiger partial charge in [-0.2, -0.15) is 0 Å². The van der Waals surface area contributed by atoms with Crippen LogP contribution in [0.2, 0.25) is 0 Å². The predicted molar refractivity (Wildman–Crippen MR) is 74.6 cm³/mol. The lowest BCUT2D eigenvalue weighted by Crippen LogP contribution is -2.12. The highest BCUT2D eigenvalue weighted by Gasteiger charge is 2.05. The Balaban J connectivity index is 2.15. The molecule has 1 heterocycles. The Kier molecular flexibility index (Phi) is 4.27. The highest BCUT2D eigenvalue weighted by molar-refractivity contribution is 6.04. The Hall–Kier alpha value is -2.64. The molecule has 3 N–H and O–H groups in total. The number of anilines is 1. The molecule has 2 aromatic rings. The first kappa shape index (κ1) is 12.8. The fourth-order valence-electron chi connectivity index (χ4n) is 1.53. The second-order valence-electron chi connectivity index (χ2n) is 3.78. The van der Waals surface area contributed by atoms with E-state index in [2.05, 4.69) is 22.1 Å². The smallest absolute Gasteiger partial charge is 0.255 e. The Morgan fingerprint density at radius 2 is 2.21 bits per heavy atom. The highest BCUT2D eigenvalue weighted by atomic mass is 16.1. The number of carbonyl (C=O) groups is 1. The third kappa shape index (κ3) is 3.66. The lowest BCUT2D eigenvalue weighted by molar-refractivity contribution is 0.102. The molecule has 4 heteroatoms. The van der Waals surface area contributed by atoms with Crippen molar-refractivity contribution in [2.75, 3.05) is 11.9 Å². The van der Waals surface area contributed by atoms with Crippen LogP contribution in [0.1, 0.15) is 15.9 Å². The molecule has 0 radical (unpaired) electrons. The quantitative estimate of drug-likeness (QED) is 0.797. The van der Waals surface area contributed by atoms with Crippen molar-refractivity contribution in [3.8, 4) is 11.8 Å². The number of amides is 1. The van der Waals surface area contributed by atoms with Crippen LogP contribution in [0.4, 0.5) is 5.69 Å². The van der Waals surface area contributed by atoms with E-state index >= 15 is 0 Å². The minimum atomic E-state index is -0.190. The Labute approximate surface area is 111 Å². The molecule has 0 saturated heterocycles. The van der Waals surface area contributed by atoms with Gasteiger partial charge in [-0.05, 0) is 30.3 Å². The lowest BCUT2D eigenvalue weighted by atomic mass is 10.1. The number of aromatic nitrogens is 1. The predicted octanol–water partition coefficient (Wildman–Crippen LogP) is 1.64. The zero-order valence-corrected chi connectivity index (χ0v) is 10.3. The van der Waals surface area contributed by atoms with Crippen molar-refractivity contribution in [3.05, 3.63) is 59.9 Å². The van der Waals surface area contributed by atoms with Crippen molar-refractivity contribution in [2.24, 2.45) is 5.73 Å². The van der Waals surface area contributed by atoms with Gasteiger partial charge in [0.05, 0.1) is 18.4 Å². The number of nitrogens with zero attached hydrogens (tertiary/aromatic N) is 1. The molecule has 0 atom stereocenters. The van der Waals surface area contributed by atoms with Crippen LogP contribution in [-0.4, -0.2) is 17.4 Å². The molecule has 19 heavy (non-hydrogen) atoms. The minimum absolute atomic E-state index is 0.190. The van der Waals surface area contributed by atoms with Gasteiger partial charge in [0.1, 0.15) is 0 Å². The first-order chi connectivity index (χ1) is 9.29. The van der Waals surface area contributed by atoms with Gasteiger partial charge in [0.2, 0.25) is 0 Å².